The predicted molar refractivity (Wildman–Crippen MR) is 400 cm³/mol. The van der Waals surface area contributed by atoms with E-state index in [1.165, 1.54) is 44.5 Å². The van der Waals surface area contributed by atoms with Crippen molar-refractivity contribution in [2.24, 2.45) is 0 Å². The van der Waals surface area contributed by atoms with Gasteiger partial charge in [0.1, 0.15) is 11.6 Å². The van der Waals surface area contributed by atoms with Crippen molar-refractivity contribution < 1.29 is 0 Å². The molecule has 0 aliphatic heterocycles. The maximum atomic E-state index is 12.8. The van der Waals surface area contributed by atoms with Crippen molar-refractivity contribution in [3.05, 3.63) is 264 Å². The topological polar surface area (TPSA) is 43.0 Å². The van der Waals surface area contributed by atoms with E-state index in [9.17, 15) is 5.26 Å². The van der Waals surface area contributed by atoms with Gasteiger partial charge in [-0.1, -0.05) is 259 Å². The quantitative estimate of drug-likeness (QED) is 0.164. The Morgan fingerprint density at radius 1 is 0.266 bits per heavy atom. The Hall–Kier alpha value is -10.7. The summed E-state index contributed by atoms with van der Waals surface area (Å²) in [4.78, 5) is 0. The number of aromatic nitrogens is 4. The third-order valence-corrected chi connectivity index (χ3v) is 20.5. The Bertz CT molecular complexity index is 5820. The van der Waals surface area contributed by atoms with Crippen molar-refractivity contribution in [3.8, 4) is 56.5 Å². The highest BCUT2D eigenvalue weighted by atomic mass is 15.1. The second kappa shape index (κ2) is 20.2. The van der Waals surface area contributed by atoms with E-state index in [1.807, 2.05) is 0 Å². The van der Waals surface area contributed by atoms with Crippen LogP contribution in [0.2, 0.25) is 0 Å². The van der Waals surface area contributed by atoms with Gasteiger partial charge in [0.25, 0.3) is 0 Å². The number of benzene rings is 12. The summed E-state index contributed by atoms with van der Waals surface area (Å²) in [6, 6.07) is 91.9. The number of fused-ring (bicyclic) bond motifs is 15. The Balaban J connectivity index is 1.09. The van der Waals surface area contributed by atoms with Gasteiger partial charge in [0.05, 0.1) is 66.7 Å². The van der Waals surface area contributed by atoms with Crippen LogP contribution in [-0.2, 0) is 21.7 Å². The molecule has 5 nitrogen and oxygen atoms in total. The molecule has 12 aromatic carbocycles. The zero-order chi connectivity index (χ0) is 64.6. The predicted octanol–water partition coefficient (Wildman–Crippen LogP) is 24.2. The molecule has 0 aliphatic rings. The maximum Gasteiger partial charge on any atom is 0.104 e. The smallest absolute Gasteiger partial charge is 0.104 e. The monoisotopic (exact) mass is 1210 g/mol. The molecule has 5 heteroatoms. The van der Waals surface area contributed by atoms with Gasteiger partial charge in [0.15, 0.2) is 0 Å². The fourth-order valence-electron chi connectivity index (χ4n) is 15.6. The van der Waals surface area contributed by atoms with Crippen LogP contribution in [0, 0.1) is 11.3 Å². The van der Waals surface area contributed by atoms with Crippen LogP contribution < -0.4 is 0 Å². The third kappa shape index (κ3) is 8.44. The van der Waals surface area contributed by atoms with Crippen molar-refractivity contribution in [2.75, 3.05) is 0 Å². The number of rotatable bonds is 6. The second-order valence-electron chi connectivity index (χ2n) is 30.5. The van der Waals surface area contributed by atoms with Gasteiger partial charge in [0.2, 0.25) is 0 Å². The SMILES string of the molecule is CC(C)(C)c1cc(-c2cc(-c3cc(C(C)(C)C)cc(C(C)(C)C)c3)cc(-c3cccc4c3c3ccccc3n4-c3c(-n4c5ccccc5c5ccccc54)c(C#N)c4c(c3-n3c5ccccc5c5ccccc53)c3cccc5c6ccccc6n4c53)c2)cc(C(C)(C)C)c1. The number of nitrogens with zero attached hydrogens (tertiary/aromatic N) is 5. The van der Waals surface area contributed by atoms with Gasteiger partial charge in [-0.2, -0.15) is 5.26 Å². The van der Waals surface area contributed by atoms with Gasteiger partial charge in [0, 0.05) is 53.9 Å². The summed E-state index contributed by atoms with van der Waals surface area (Å²) in [5, 5.41) is 24.0. The van der Waals surface area contributed by atoms with Crippen LogP contribution in [0.4, 0.5) is 0 Å². The molecule has 0 aliphatic carbocycles. The number of hydrogen-bond acceptors (Lipinski definition) is 1. The van der Waals surface area contributed by atoms with Crippen molar-refractivity contribution >= 4 is 104 Å². The second-order valence-corrected chi connectivity index (χ2v) is 30.5. The summed E-state index contributed by atoms with van der Waals surface area (Å²) in [5.41, 5.74) is 24.6. The van der Waals surface area contributed by atoms with Gasteiger partial charge in [-0.15, -0.1) is 0 Å². The first-order valence-corrected chi connectivity index (χ1v) is 33.3. The Morgan fingerprint density at radius 2 is 0.596 bits per heavy atom. The molecule has 17 rings (SSSR count). The number of nitriles is 1. The Morgan fingerprint density at radius 3 is 1.04 bits per heavy atom. The summed E-state index contributed by atoms with van der Waals surface area (Å²) in [5.74, 6) is 0. The van der Waals surface area contributed by atoms with Crippen LogP contribution in [0.1, 0.15) is 111 Å². The van der Waals surface area contributed by atoms with Gasteiger partial charge in [-0.3, -0.25) is 0 Å². The normalized spacial score (nSPS) is 12.9. The molecule has 0 saturated heterocycles. The molecule has 5 aromatic heterocycles. The first-order chi connectivity index (χ1) is 45.2. The zero-order valence-corrected chi connectivity index (χ0v) is 55.8. The molecule has 0 bridgehead atoms. The van der Waals surface area contributed by atoms with E-state index >= 15 is 0 Å². The zero-order valence-electron chi connectivity index (χ0n) is 55.8. The van der Waals surface area contributed by atoms with E-state index in [0.29, 0.717) is 5.56 Å². The molecule has 456 valence electrons. The Labute approximate surface area is 549 Å². The molecular weight excluding hydrogens is 1140 g/mol. The van der Waals surface area contributed by atoms with Crippen molar-refractivity contribution in [2.45, 2.75) is 105 Å². The summed E-state index contributed by atoms with van der Waals surface area (Å²) in [6.07, 6.45) is 0. The van der Waals surface area contributed by atoms with E-state index in [2.05, 4.69) is 344 Å². The molecule has 0 amide bonds. The average Bonchev–Trinajstić information content (AvgIpc) is 1.50. The highest BCUT2D eigenvalue weighted by Crippen LogP contribution is 2.53. The van der Waals surface area contributed by atoms with Crippen LogP contribution in [0.25, 0.3) is 154 Å². The van der Waals surface area contributed by atoms with Crippen LogP contribution in [0.15, 0.2) is 237 Å². The average molecular weight is 1210 g/mol. The lowest BCUT2D eigenvalue weighted by atomic mass is 9.78. The van der Waals surface area contributed by atoms with Crippen molar-refractivity contribution in [1.82, 2.24) is 18.1 Å². The van der Waals surface area contributed by atoms with Gasteiger partial charge >= 0.3 is 0 Å². The molecule has 0 atom stereocenters. The largest absolute Gasteiger partial charge is 0.306 e. The van der Waals surface area contributed by atoms with Crippen LogP contribution >= 0.6 is 0 Å². The van der Waals surface area contributed by atoms with Gasteiger partial charge in [-0.25, -0.2) is 0 Å². The minimum Gasteiger partial charge on any atom is -0.306 e. The molecular formula is C89H75N5. The number of para-hydroxylation sites is 7. The van der Waals surface area contributed by atoms with E-state index in [0.717, 1.165) is 132 Å². The minimum atomic E-state index is -0.0875. The standard InChI is InChI=1S/C89H75N5/c1-86(2,3)58-46-55(47-59(50-58)87(4,5)6)53-43-54(56-48-60(88(7,8)9)51-61(49-56)89(10,11)12)45-57(44-53)62-33-26-42-78-79(62)69-32-18-24-41-77(69)93(78)85-83(91-72-36-19-13-27-63(72)64-28-14-20-37-73(64)91)71(52-90)82-80(70-35-25-34-68-67-31-17-23-40-76(67)94(82)81(68)70)84(85)92-74-38-21-15-29-65(74)66-30-16-22-39-75(66)92/h13-51H,1-12H3. The molecule has 94 heavy (non-hydrogen) atoms. The van der Waals surface area contributed by atoms with E-state index < -0.39 is 0 Å². The molecule has 0 unspecified atom stereocenters. The third-order valence-electron chi connectivity index (χ3n) is 20.5. The van der Waals surface area contributed by atoms with Gasteiger partial charge < -0.3 is 18.1 Å². The van der Waals surface area contributed by atoms with E-state index in [4.69, 9.17) is 0 Å². The summed E-state index contributed by atoms with van der Waals surface area (Å²) in [6.45, 7) is 28.0. The van der Waals surface area contributed by atoms with E-state index in [1.54, 1.807) is 0 Å². The Kier molecular flexibility index (Phi) is 12.3. The first-order valence-electron chi connectivity index (χ1n) is 33.3. The summed E-state index contributed by atoms with van der Waals surface area (Å²) >= 11 is 0. The van der Waals surface area contributed by atoms with Gasteiger partial charge in [-0.05, 0) is 138 Å². The molecule has 0 radical (unpaired) electrons. The van der Waals surface area contributed by atoms with Crippen LogP contribution in [-0.4, -0.2) is 18.1 Å². The highest BCUT2D eigenvalue weighted by Gasteiger charge is 2.35. The lowest BCUT2D eigenvalue weighted by molar-refractivity contribution is 0.568. The maximum absolute atomic E-state index is 12.8. The summed E-state index contributed by atoms with van der Waals surface area (Å²) in [7, 11) is 0. The fourth-order valence-corrected chi connectivity index (χ4v) is 15.6. The summed E-state index contributed by atoms with van der Waals surface area (Å²) < 4.78 is 9.94. The highest BCUT2D eigenvalue weighted by molar-refractivity contribution is 6.29. The van der Waals surface area contributed by atoms with Crippen molar-refractivity contribution in [1.29, 1.82) is 5.26 Å². The van der Waals surface area contributed by atoms with E-state index in [-0.39, 0.29) is 21.7 Å². The molecule has 5 heterocycles. The fraction of sp³-hybridized carbons (Fsp3) is 0.180. The molecule has 0 saturated carbocycles. The molecule has 0 N–H and O–H groups in total. The lowest BCUT2D eigenvalue weighted by Crippen LogP contribution is -2.16. The lowest BCUT2D eigenvalue weighted by Gasteiger charge is -2.27. The minimum absolute atomic E-state index is 0.0875. The number of hydrogen-bond donors (Lipinski definition) is 0. The van der Waals surface area contributed by atoms with Crippen LogP contribution in [0.3, 0.4) is 0 Å². The first kappa shape index (κ1) is 57.2. The molecule has 0 spiro atoms. The van der Waals surface area contributed by atoms with Crippen molar-refractivity contribution in [3.63, 3.8) is 0 Å². The molecule has 0 fully saturated rings. The van der Waals surface area contributed by atoms with Crippen LogP contribution in [0.5, 0.6) is 0 Å². The molecule has 17 aromatic rings.